The predicted octanol–water partition coefficient (Wildman–Crippen LogP) is 2.09. The van der Waals surface area contributed by atoms with E-state index < -0.39 is 6.04 Å². The van der Waals surface area contributed by atoms with Crippen molar-refractivity contribution >= 4 is 5.91 Å². The first kappa shape index (κ1) is 16.1. The normalized spacial score (nSPS) is 12.6. The maximum Gasteiger partial charge on any atom is 0.237 e. The summed E-state index contributed by atoms with van der Waals surface area (Å²) >= 11 is 0. The van der Waals surface area contributed by atoms with Crippen molar-refractivity contribution in [2.24, 2.45) is 0 Å². The molecule has 0 aliphatic carbocycles. The maximum atomic E-state index is 13.6. The number of halogens is 1. The third-order valence-electron chi connectivity index (χ3n) is 2.66. The number of nitriles is 1. The maximum absolute atomic E-state index is 13.6. The monoisotopic (exact) mass is 277 g/mol. The summed E-state index contributed by atoms with van der Waals surface area (Å²) in [6, 6.07) is 5.68. The molecule has 0 aromatic heterocycles. The fraction of sp³-hybridized carbons (Fsp3) is 0.467. The van der Waals surface area contributed by atoms with Crippen molar-refractivity contribution < 1.29 is 9.18 Å². The molecule has 0 aliphatic rings. The number of carbonyl (C=O) groups is 1. The first-order valence-electron chi connectivity index (χ1n) is 6.47. The first-order chi connectivity index (χ1) is 9.23. The Kier molecular flexibility index (Phi) is 5.23. The molecule has 1 aromatic rings. The molecule has 20 heavy (non-hydrogen) atoms. The minimum atomic E-state index is -0.445. The van der Waals surface area contributed by atoms with Crippen molar-refractivity contribution in [3.63, 3.8) is 0 Å². The summed E-state index contributed by atoms with van der Waals surface area (Å²) < 4.78 is 13.6. The molecule has 0 fully saturated rings. The molecule has 108 valence electrons. The molecule has 0 heterocycles. The molecule has 0 radical (unpaired) electrons. The van der Waals surface area contributed by atoms with E-state index in [9.17, 15) is 9.18 Å². The molecule has 0 saturated carbocycles. The second-order valence-corrected chi connectivity index (χ2v) is 5.76. The van der Waals surface area contributed by atoms with Crippen LogP contribution in [0.1, 0.15) is 38.8 Å². The fourth-order valence-corrected chi connectivity index (χ4v) is 1.61. The molecule has 2 N–H and O–H groups in total. The van der Waals surface area contributed by atoms with Crippen LogP contribution >= 0.6 is 0 Å². The average molecular weight is 277 g/mol. The third-order valence-corrected chi connectivity index (χ3v) is 2.66. The Hall–Kier alpha value is -1.93. The van der Waals surface area contributed by atoms with Crippen LogP contribution in [0.25, 0.3) is 0 Å². The zero-order chi connectivity index (χ0) is 15.3. The number of rotatable bonds is 4. The van der Waals surface area contributed by atoms with Crippen LogP contribution in [-0.2, 0) is 11.3 Å². The number of benzene rings is 1. The molecular formula is C15H20FN3O. The molecule has 0 bridgehead atoms. The van der Waals surface area contributed by atoms with Crippen LogP contribution in [0, 0.1) is 17.1 Å². The number of nitrogens with one attached hydrogen (secondary N) is 2. The van der Waals surface area contributed by atoms with Crippen LogP contribution in [-0.4, -0.2) is 17.5 Å². The third kappa shape index (κ3) is 4.98. The summed E-state index contributed by atoms with van der Waals surface area (Å²) in [5.41, 5.74) is 0.466. The highest BCUT2D eigenvalue weighted by molar-refractivity contribution is 5.81. The molecule has 0 spiro atoms. The Morgan fingerprint density at radius 2 is 2.10 bits per heavy atom. The van der Waals surface area contributed by atoms with Crippen molar-refractivity contribution in [2.45, 2.75) is 45.8 Å². The van der Waals surface area contributed by atoms with Gasteiger partial charge < -0.3 is 10.6 Å². The Morgan fingerprint density at radius 3 is 2.65 bits per heavy atom. The summed E-state index contributed by atoms with van der Waals surface area (Å²) in [6.45, 7) is 7.60. The van der Waals surface area contributed by atoms with Gasteiger partial charge >= 0.3 is 0 Å². The van der Waals surface area contributed by atoms with Gasteiger partial charge in [0.05, 0.1) is 17.7 Å². The molecule has 1 aromatic carbocycles. The van der Waals surface area contributed by atoms with Gasteiger partial charge in [-0.15, -0.1) is 0 Å². The number of hydrogen-bond donors (Lipinski definition) is 2. The number of nitrogens with zero attached hydrogens (tertiary/aromatic N) is 1. The Morgan fingerprint density at radius 1 is 1.45 bits per heavy atom. The van der Waals surface area contributed by atoms with Gasteiger partial charge in [-0.2, -0.15) is 5.26 Å². The van der Waals surface area contributed by atoms with Gasteiger partial charge in [-0.3, -0.25) is 4.79 Å². The minimum Gasteiger partial charge on any atom is -0.350 e. The van der Waals surface area contributed by atoms with E-state index in [2.05, 4.69) is 10.6 Å². The number of hydrogen-bond acceptors (Lipinski definition) is 3. The van der Waals surface area contributed by atoms with Crippen LogP contribution in [0.2, 0.25) is 0 Å². The van der Waals surface area contributed by atoms with E-state index in [1.165, 1.54) is 18.2 Å². The molecule has 0 aliphatic heterocycles. The average Bonchev–Trinajstić information content (AvgIpc) is 2.35. The fourth-order valence-electron chi connectivity index (χ4n) is 1.61. The highest BCUT2D eigenvalue weighted by Gasteiger charge is 2.19. The lowest BCUT2D eigenvalue weighted by Crippen LogP contribution is -2.49. The van der Waals surface area contributed by atoms with Gasteiger partial charge in [0.25, 0.3) is 0 Å². The Balaban J connectivity index is 2.63. The van der Waals surface area contributed by atoms with Gasteiger partial charge in [0, 0.05) is 17.6 Å². The Labute approximate surface area is 119 Å². The van der Waals surface area contributed by atoms with E-state index in [1.54, 1.807) is 6.92 Å². The lowest BCUT2D eigenvalue weighted by Gasteiger charge is -2.23. The lowest BCUT2D eigenvalue weighted by molar-refractivity contribution is -0.124. The molecule has 1 amide bonds. The Bertz CT molecular complexity index is 529. The van der Waals surface area contributed by atoms with Crippen LogP contribution in [0.15, 0.2) is 18.2 Å². The second kappa shape index (κ2) is 6.49. The SMILES string of the molecule is CC(NCc1cc(C#N)ccc1F)C(=O)NC(C)(C)C. The van der Waals surface area contributed by atoms with Crippen molar-refractivity contribution in [2.75, 3.05) is 0 Å². The summed E-state index contributed by atoms with van der Waals surface area (Å²) in [7, 11) is 0. The highest BCUT2D eigenvalue weighted by atomic mass is 19.1. The first-order valence-corrected chi connectivity index (χ1v) is 6.47. The van der Waals surface area contributed by atoms with Gasteiger partial charge in [-0.25, -0.2) is 4.39 Å². The van der Waals surface area contributed by atoms with Crippen LogP contribution in [0.4, 0.5) is 4.39 Å². The molecule has 1 atom stereocenters. The van der Waals surface area contributed by atoms with Gasteiger partial charge in [0.15, 0.2) is 0 Å². The predicted molar refractivity (Wildman–Crippen MR) is 75.3 cm³/mol. The van der Waals surface area contributed by atoms with Crippen molar-refractivity contribution in [3.05, 3.63) is 35.1 Å². The number of amides is 1. The van der Waals surface area contributed by atoms with Crippen molar-refractivity contribution in [1.29, 1.82) is 5.26 Å². The quantitative estimate of drug-likeness (QED) is 0.885. The van der Waals surface area contributed by atoms with E-state index in [1.807, 2.05) is 26.8 Å². The van der Waals surface area contributed by atoms with Gasteiger partial charge in [-0.05, 0) is 45.9 Å². The van der Waals surface area contributed by atoms with Crippen LogP contribution < -0.4 is 10.6 Å². The second-order valence-electron chi connectivity index (χ2n) is 5.76. The summed E-state index contributed by atoms with van der Waals surface area (Å²) in [6.07, 6.45) is 0. The molecule has 5 heteroatoms. The summed E-state index contributed by atoms with van der Waals surface area (Å²) in [5.74, 6) is -0.533. The van der Waals surface area contributed by atoms with Gasteiger partial charge in [0.2, 0.25) is 5.91 Å². The molecule has 0 saturated heterocycles. The lowest BCUT2D eigenvalue weighted by atomic mass is 10.1. The zero-order valence-corrected chi connectivity index (χ0v) is 12.2. The van der Waals surface area contributed by atoms with E-state index in [-0.39, 0.29) is 23.8 Å². The smallest absolute Gasteiger partial charge is 0.237 e. The molecule has 1 rings (SSSR count). The van der Waals surface area contributed by atoms with Crippen LogP contribution in [0.5, 0.6) is 0 Å². The molecule has 4 nitrogen and oxygen atoms in total. The number of carbonyl (C=O) groups excluding carboxylic acids is 1. The molecule has 1 unspecified atom stereocenters. The topological polar surface area (TPSA) is 64.9 Å². The standard InChI is InChI=1S/C15H20FN3O/c1-10(14(20)19-15(2,3)4)18-9-12-7-11(8-17)5-6-13(12)16/h5-7,10,18H,9H2,1-4H3,(H,19,20). The van der Waals surface area contributed by atoms with E-state index in [0.717, 1.165) is 0 Å². The summed E-state index contributed by atoms with van der Waals surface area (Å²) in [5, 5.41) is 14.6. The van der Waals surface area contributed by atoms with Gasteiger partial charge in [-0.1, -0.05) is 0 Å². The van der Waals surface area contributed by atoms with Crippen molar-refractivity contribution in [3.8, 4) is 6.07 Å². The van der Waals surface area contributed by atoms with Crippen LogP contribution in [0.3, 0.4) is 0 Å². The summed E-state index contributed by atoms with van der Waals surface area (Å²) in [4.78, 5) is 11.9. The highest BCUT2D eigenvalue weighted by Crippen LogP contribution is 2.10. The van der Waals surface area contributed by atoms with Crippen molar-refractivity contribution in [1.82, 2.24) is 10.6 Å². The minimum absolute atomic E-state index is 0.144. The largest absolute Gasteiger partial charge is 0.350 e. The van der Waals surface area contributed by atoms with Gasteiger partial charge in [0.1, 0.15) is 5.82 Å². The van der Waals surface area contributed by atoms with E-state index in [4.69, 9.17) is 5.26 Å². The molecular weight excluding hydrogens is 257 g/mol. The van der Waals surface area contributed by atoms with E-state index >= 15 is 0 Å². The van der Waals surface area contributed by atoms with E-state index in [0.29, 0.717) is 11.1 Å². The zero-order valence-electron chi connectivity index (χ0n) is 12.2.